The highest BCUT2D eigenvalue weighted by Gasteiger charge is 2.48. The molecule has 0 aromatic carbocycles. The van der Waals surface area contributed by atoms with Gasteiger partial charge in [0.2, 0.25) is 0 Å². The van der Waals surface area contributed by atoms with Crippen LogP contribution < -0.4 is 0 Å². The number of cyclic esters (lactones) is 1. The zero-order chi connectivity index (χ0) is 40.1. The second-order valence-corrected chi connectivity index (χ2v) is 15.7. The van der Waals surface area contributed by atoms with E-state index in [1.54, 1.807) is 25.3 Å². The van der Waals surface area contributed by atoms with Gasteiger partial charge in [-0.05, 0) is 77.8 Å². The van der Waals surface area contributed by atoms with Crippen LogP contribution in [0.5, 0.6) is 0 Å². The third-order valence-corrected chi connectivity index (χ3v) is 11.3. The lowest BCUT2D eigenvalue weighted by molar-refractivity contribution is -0.308. The molecular weight excluding hydrogens is 706 g/mol. The molecule has 4 rings (SSSR count). The molecular formula is C42H65N3O10. The van der Waals surface area contributed by atoms with Crippen molar-refractivity contribution in [3.05, 3.63) is 53.9 Å². The zero-order valence-electron chi connectivity index (χ0n) is 33.8. The molecule has 13 heteroatoms. The number of carbonyl (C=O) groups is 3. The predicted molar refractivity (Wildman–Crippen MR) is 207 cm³/mol. The van der Waals surface area contributed by atoms with Crippen molar-refractivity contribution in [2.75, 3.05) is 47.0 Å². The number of hydrogen-bond donors (Lipinski definition) is 2. The summed E-state index contributed by atoms with van der Waals surface area (Å²) in [7, 11) is 3.72. The van der Waals surface area contributed by atoms with E-state index >= 15 is 0 Å². The zero-order valence-corrected chi connectivity index (χ0v) is 33.8. The molecule has 12 atom stereocenters. The largest absolute Gasteiger partial charge is 0.460 e. The Kier molecular flexibility index (Phi) is 18.1. The molecule has 0 unspecified atom stereocenters. The third-order valence-electron chi connectivity index (χ3n) is 11.3. The molecule has 308 valence electrons. The van der Waals surface area contributed by atoms with E-state index in [0.29, 0.717) is 39.3 Å². The highest BCUT2D eigenvalue weighted by atomic mass is 16.7. The Labute approximate surface area is 327 Å². The van der Waals surface area contributed by atoms with Crippen LogP contribution in [0.3, 0.4) is 0 Å². The highest BCUT2D eigenvalue weighted by Crippen LogP contribution is 2.35. The normalized spacial score (nSPS) is 36.5. The van der Waals surface area contributed by atoms with Gasteiger partial charge in [-0.3, -0.25) is 19.5 Å². The molecule has 13 nitrogen and oxygen atoms in total. The molecule has 4 heterocycles. The molecule has 0 saturated carbocycles. The summed E-state index contributed by atoms with van der Waals surface area (Å²) in [6.07, 6.45) is 4.02. The quantitative estimate of drug-likeness (QED) is 0.181. The van der Waals surface area contributed by atoms with Crippen molar-refractivity contribution >= 4 is 18.0 Å². The summed E-state index contributed by atoms with van der Waals surface area (Å²) < 4.78 is 31.0. The van der Waals surface area contributed by atoms with E-state index in [9.17, 15) is 24.6 Å². The van der Waals surface area contributed by atoms with Crippen molar-refractivity contribution in [2.45, 2.75) is 128 Å². The third kappa shape index (κ3) is 12.8. The van der Waals surface area contributed by atoms with E-state index in [-0.39, 0.29) is 31.1 Å². The Morgan fingerprint density at radius 3 is 2.47 bits per heavy atom. The van der Waals surface area contributed by atoms with Crippen LogP contribution in [0, 0.1) is 17.8 Å². The number of likely N-dealkylation sites (N-methyl/N-ethyl adjacent to an activating group) is 1. The molecule has 0 bridgehead atoms. The first-order chi connectivity index (χ1) is 26.3. The molecule has 2 N–H and O–H groups in total. The summed E-state index contributed by atoms with van der Waals surface area (Å²) in [4.78, 5) is 47.8. The summed E-state index contributed by atoms with van der Waals surface area (Å²) in [6.45, 7) is 12.2. The van der Waals surface area contributed by atoms with Crippen molar-refractivity contribution in [1.82, 2.24) is 14.8 Å². The molecule has 1 aromatic rings. The van der Waals surface area contributed by atoms with Crippen LogP contribution in [0.2, 0.25) is 0 Å². The molecule has 55 heavy (non-hydrogen) atoms. The molecule has 3 aliphatic heterocycles. The van der Waals surface area contributed by atoms with Gasteiger partial charge in [0.25, 0.3) is 0 Å². The van der Waals surface area contributed by atoms with Gasteiger partial charge in [0.1, 0.15) is 24.6 Å². The number of rotatable bonds is 12. The highest BCUT2D eigenvalue weighted by molar-refractivity contribution is 5.91. The molecule has 3 aliphatic rings. The minimum Gasteiger partial charge on any atom is -0.460 e. The van der Waals surface area contributed by atoms with Gasteiger partial charge in [-0.1, -0.05) is 44.6 Å². The first kappa shape index (κ1) is 44.8. The van der Waals surface area contributed by atoms with Gasteiger partial charge in [0.15, 0.2) is 12.1 Å². The monoisotopic (exact) mass is 771 g/mol. The average molecular weight is 772 g/mol. The fraction of sp³-hybridized carbons (Fsp3) is 0.714. The Morgan fingerprint density at radius 1 is 1.07 bits per heavy atom. The van der Waals surface area contributed by atoms with Crippen molar-refractivity contribution < 1.29 is 48.3 Å². The number of carbonyl (C=O) groups excluding carboxylic acids is 3. The smallest absolute Gasteiger partial charge is 0.308 e. The van der Waals surface area contributed by atoms with Gasteiger partial charge in [-0.2, -0.15) is 0 Å². The Bertz CT molecular complexity index is 1400. The second kappa shape index (κ2) is 22.2. The maximum atomic E-state index is 13.6. The van der Waals surface area contributed by atoms with Crippen LogP contribution in [0.15, 0.2) is 48.2 Å². The van der Waals surface area contributed by atoms with Crippen molar-refractivity contribution in [2.24, 2.45) is 17.8 Å². The van der Waals surface area contributed by atoms with Crippen LogP contribution in [-0.4, -0.2) is 145 Å². The van der Waals surface area contributed by atoms with E-state index in [4.69, 9.17) is 23.7 Å². The maximum absolute atomic E-state index is 13.6. The Hall–Kier alpha value is -2.88. The molecule has 2 fully saturated rings. The van der Waals surface area contributed by atoms with Gasteiger partial charge in [-0.25, -0.2) is 0 Å². The molecule has 0 aliphatic carbocycles. The molecule has 0 spiro atoms. The standard InChI is InChI=1S/C42H65N3O10/c1-8-36-33(45-18-22-51-23-19-45)24-27(2)14-15-34(47)28(3)25-31(16-20-46)40(29(4)35(48)26-37(49)54-36)55-42-39(50)38(44(6)7)41(30(5)53-42)52-21-11-13-32-12-9-10-17-43-32/h9-10,12,14-15,17,20,24,28-31,33,35-36,38-42,48,50H,8,11,13,16,18-19,21-23,25-26H2,1-7H3/b15-14+,27-24+/t28-,29+,30-,31+,33+,35-,36-,38-,39-,40-,41-,42+/m1/s1. The number of nitrogens with zero attached hydrogens (tertiary/aromatic N) is 3. The minimum absolute atomic E-state index is 0.0308. The van der Waals surface area contributed by atoms with Gasteiger partial charge in [0.05, 0.1) is 50.0 Å². The first-order valence-electron chi connectivity index (χ1n) is 20.0. The number of allylic oxidation sites excluding steroid dienone is 3. The number of aliphatic hydroxyl groups is 2. The van der Waals surface area contributed by atoms with Crippen LogP contribution >= 0.6 is 0 Å². The van der Waals surface area contributed by atoms with E-state index in [2.05, 4.69) is 9.88 Å². The summed E-state index contributed by atoms with van der Waals surface area (Å²) in [6, 6.07) is 5.04. The molecule has 0 amide bonds. The summed E-state index contributed by atoms with van der Waals surface area (Å²) in [5, 5.41) is 23.5. The van der Waals surface area contributed by atoms with E-state index < -0.39 is 72.7 Å². The van der Waals surface area contributed by atoms with E-state index in [0.717, 1.165) is 30.4 Å². The van der Waals surface area contributed by atoms with E-state index in [1.807, 2.05) is 71.0 Å². The number of aldehydes is 1. The predicted octanol–water partition coefficient (Wildman–Crippen LogP) is 3.55. The number of aryl methyl sites for hydroxylation is 1. The maximum Gasteiger partial charge on any atom is 0.308 e. The Morgan fingerprint density at radius 2 is 1.82 bits per heavy atom. The van der Waals surface area contributed by atoms with Crippen molar-refractivity contribution in [3.63, 3.8) is 0 Å². The first-order valence-corrected chi connectivity index (χ1v) is 20.0. The van der Waals surface area contributed by atoms with Gasteiger partial charge >= 0.3 is 5.97 Å². The summed E-state index contributed by atoms with van der Waals surface area (Å²) in [5.41, 5.74) is 1.82. The molecule has 2 saturated heterocycles. The van der Waals surface area contributed by atoms with Crippen LogP contribution in [0.25, 0.3) is 0 Å². The number of morpholine rings is 1. The topological polar surface area (TPSA) is 157 Å². The van der Waals surface area contributed by atoms with Crippen LogP contribution in [0.1, 0.15) is 72.4 Å². The summed E-state index contributed by atoms with van der Waals surface area (Å²) in [5.74, 6) is -2.41. The van der Waals surface area contributed by atoms with Crippen molar-refractivity contribution in [3.8, 4) is 0 Å². The Balaban J connectivity index is 1.59. The number of pyridine rings is 1. The average Bonchev–Trinajstić information content (AvgIpc) is 3.17. The lowest BCUT2D eigenvalue weighted by atomic mass is 9.79. The van der Waals surface area contributed by atoms with Gasteiger partial charge < -0.3 is 43.6 Å². The number of ether oxygens (including phenoxy) is 5. The number of aliphatic hydroxyl groups excluding tert-OH is 2. The fourth-order valence-electron chi connectivity index (χ4n) is 8.06. The number of hydrogen-bond acceptors (Lipinski definition) is 13. The van der Waals surface area contributed by atoms with Crippen molar-refractivity contribution in [1.29, 1.82) is 0 Å². The fourth-order valence-corrected chi connectivity index (χ4v) is 8.06. The number of esters is 1. The van der Waals surface area contributed by atoms with Gasteiger partial charge in [-0.15, -0.1) is 0 Å². The van der Waals surface area contributed by atoms with Crippen LogP contribution in [0.4, 0.5) is 0 Å². The lowest BCUT2D eigenvalue weighted by Gasteiger charge is -2.48. The van der Waals surface area contributed by atoms with Gasteiger partial charge in [0, 0.05) is 49.8 Å². The summed E-state index contributed by atoms with van der Waals surface area (Å²) >= 11 is 0. The SMILES string of the molecule is CC[C@H]1OC(=O)C[C@@H](O)[C@H](C)[C@@H](O[C@@H]2O[C@H](C)[C@@H](OCCCc3ccccn3)[C@H](N(C)C)[C@H]2O)[C@@H](CC=O)C[C@@H](C)C(=O)/C=C/C(C)=C/[C@@H]1N1CCOCC1. The number of aromatic nitrogens is 1. The molecule has 1 aromatic heterocycles. The van der Waals surface area contributed by atoms with E-state index in [1.165, 1.54) is 0 Å². The lowest BCUT2D eigenvalue weighted by Crippen LogP contribution is -2.64. The minimum atomic E-state index is -1.22. The molecule has 0 radical (unpaired) electrons. The number of ketones is 1. The second-order valence-electron chi connectivity index (χ2n) is 15.7. The van der Waals surface area contributed by atoms with Crippen LogP contribution in [-0.2, 0) is 44.5 Å².